The van der Waals surface area contributed by atoms with E-state index in [4.69, 9.17) is 0 Å². The van der Waals surface area contributed by atoms with Crippen LogP contribution in [0.5, 0.6) is 11.6 Å². The highest BCUT2D eigenvalue weighted by atomic mass is 19.4. The van der Waals surface area contributed by atoms with E-state index in [1.54, 1.807) is 0 Å². The summed E-state index contributed by atoms with van der Waals surface area (Å²) in [5, 5.41) is 0. The summed E-state index contributed by atoms with van der Waals surface area (Å²) in [6.07, 6.45) is -11.5. The number of pyridine rings is 1. The number of methoxy groups -OCH3 is 2. The van der Waals surface area contributed by atoms with Crippen LogP contribution < -0.4 is 9.47 Å². The highest BCUT2D eigenvalue weighted by Gasteiger charge is 2.41. The molecule has 22 heavy (non-hydrogen) atoms. The second-order valence-corrected chi connectivity index (χ2v) is 3.79. The van der Waals surface area contributed by atoms with Crippen molar-refractivity contribution in [3.8, 4) is 11.6 Å². The van der Waals surface area contributed by atoms with Crippen LogP contribution >= 0.6 is 0 Å². The molecule has 0 bridgehead atoms. The van der Waals surface area contributed by atoms with Crippen LogP contribution in [0, 0.1) is 0 Å². The average molecular weight is 333 g/mol. The van der Waals surface area contributed by atoms with E-state index in [0.29, 0.717) is 6.07 Å². The van der Waals surface area contributed by atoms with Gasteiger partial charge in [-0.25, -0.2) is 4.98 Å². The van der Waals surface area contributed by atoms with Crippen molar-refractivity contribution in [2.75, 3.05) is 14.2 Å². The SMILES string of the molecule is COC(=O)Cc1c(OC(F)(F)F)cc(OC)nc1C(F)(F)F. The maximum Gasteiger partial charge on any atom is 0.573 e. The van der Waals surface area contributed by atoms with Gasteiger partial charge in [0, 0.05) is 11.6 Å². The fourth-order valence-corrected chi connectivity index (χ4v) is 1.47. The van der Waals surface area contributed by atoms with Gasteiger partial charge in [0.1, 0.15) is 5.75 Å². The Balaban J connectivity index is 3.52. The van der Waals surface area contributed by atoms with Crippen LogP contribution in [-0.2, 0) is 22.1 Å². The lowest BCUT2D eigenvalue weighted by Gasteiger charge is -2.18. The van der Waals surface area contributed by atoms with Crippen molar-refractivity contribution in [3.63, 3.8) is 0 Å². The van der Waals surface area contributed by atoms with Crippen LogP contribution in [0.4, 0.5) is 26.3 Å². The summed E-state index contributed by atoms with van der Waals surface area (Å²) in [4.78, 5) is 14.2. The first-order valence-electron chi connectivity index (χ1n) is 5.45. The molecule has 1 aromatic rings. The number of esters is 1. The third-order valence-corrected chi connectivity index (χ3v) is 2.31. The molecule has 0 amide bonds. The quantitative estimate of drug-likeness (QED) is 0.626. The summed E-state index contributed by atoms with van der Waals surface area (Å²) in [6, 6.07) is 0.501. The van der Waals surface area contributed by atoms with Crippen molar-refractivity contribution in [2.24, 2.45) is 0 Å². The Hall–Kier alpha value is -2.20. The van der Waals surface area contributed by atoms with Crippen molar-refractivity contribution >= 4 is 5.97 Å². The van der Waals surface area contributed by atoms with Crippen LogP contribution in [0.3, 0.4) is 0 Å². The molecule has 5 nitrogen and oxygen atoms in total. The number of rotatable bonds is 4. The lowest BCUT2D eigenvalue weighted by molar-refractivity contribution is -0.275. The summed E-state index contributed by atoms with van der Waals surface area (Å²) >= 11 is 0. The zero-order valence-corrected chi connectivity index (χ0v) is 11.1. The monoisotopic (exact) mass is 333 g/mol. The number of carbonyl (C=O) groups excluding carboxylic acids is 1. The number of alkyl halides is 6. The normalized spacial score (nSPS) is 12.0. The first-order valence-corrected chi connectivity index (χ1v) is 5.45. The molecule has 0 saturated heterocycles. The van der Waals surface area contributed by atoms with Gasteiger partial charge in [-0.2, -0.15) is 13.2 Å². The summed E-state index contributed by atoms with van der Waals surface area (Å²) in [6.45, 7) is 0. The molecule has 0 aliphatic heterocycles. The number of carbonyl (C=O) groups is 1. The molecule has 0 aliphatic rings. The molecule has 0 fully saturated rings. The fraction of sp³-hybridized carbons (Fsp3) is 0.455. The summed E-state index contributed by atoms with van der Waals surface area (Å²) < 4.78 is 87.9. The van der Waals surface area contributed by atoms with Gasteiger partial charge >= 0.3 is 18.5 Å². The first kappa shape index (κ1) is 17.9. The predicted octanol–water partition coefficient (Wildman–Crippen LogP) is 2.72. The molecule has 0 saturated carbocycles. The molecule has 1 aromatic heterocycles. The maximum absolute atomic E-state index is 12.9. The van der Waals surface area contributed by atoms with E-state index in [0.717, 1.165) is 14.2 Å². The zero-order chi connectivity index (χ0) is 17.1. The van der Waals surface area contributed by atoms with Crippen LogP contribution in [0.15, 0.2) is 6.07 Å². The highest BCUT2D eigenvalue weighted by Crippen LogP contribution is 2.39. The van der Waals surface area contributed by atoms with Crippen molar-refractivity contribution in [3.05, 3.63) is 17.3 Å². The largest absolute Gasteiger partial charge is 0.573 e. The summed E-state index contributed by atoms with van der Waals surface area (Å²) in [7, 11) is 1.79. The van der Waals surface area contributed by atoms with E-state index in [1.807, 2.05) is 0 Å². The molecule has 0 atom stereocenters. The van der Waals surface area contributed by atoms with E-state index in [1.165, 1.54) is 0 Å². The van der Waals surface area contributed by atoms with Gasteiger partial charge in [-0.1, -0.05) is 0 Å². The second kappa shape index (κ2) is 6.28. The Bertz CT molecular complexity index is 555. The third kappa shape index (κ3) is 4.67. The van der Waals surface area contributed by atoms with Gasteiger partial charge in [0.25, 0.3) is 0 Å². The Kier molecular flexibility index (Phi) is 5.09. The number of ether oxygens (including phenoxy) is 3. The minimum Gasteiger partial charge on any atom is -0.481 e. The van der Waals surface area contributed by atoms with E-state index in [-0.39, 0.29) is 0 Å². The molecule has 0 aliphatic carbocycles. The van der Waals surface area contributed by atoms with Gasteiger partial charge in [0.15, 0.2) is 5.69 Å². The summed E-state index contributed by atoms with van der Waals surface area (Å²) in [5.74, 6) is -3.18. The zero-order valence-electron chi connectivity index (χ0n) is 11.1. The molecule has 11 heteroatoms. The molecule has 0 unspecified atom stereocenters. The second-order valence-electron chi connectivity index (χ2n) is 3.79. The average Bonchev–Trinajstić information content (AvgIpc) is 2.37. The van der Waals surface area contributed by atoms with Crippen molar-refractivity contribution in [2.45, 2.75) is 19.0 Å². The van der Waals surface area contributed by atoms with Gasteiger partial charge in [0.2, 0.25) is 5.88 Å². The smallest absolute Gasteiger partial charge is 0.481 e. The topological polar surface area (TPSA) is 57.7 Å². The standard InChI is InChI=1S/C11H9F6NO4/c1-20-7-4-6(22-11(15,16)17)5(3-8(19)21-2)9(18-7)10(12,13)14/h4H,3H2,1-2H3. The Morgan fingerprint density at radius 2 is 1.77 bits per heavy atom. The Morgan fingerprint density at radius 3 is 2.18 bits per heavy atom. The highest BCUT2D eigenvalue weighted by molar-refractivity contribution is 5.74. The van der Waals surface area contributed by atoms with Crippen molar-refractivity contribution in [1.29, 1.82) is 0 Å². The van der Waals surface area contributed by atoms with Crippen LogP contribution in [0.2, 0.25) is 0 Å². The predicted molar refractivity (Wildman–Crippen MR) is 58.2 cm³/mol. The number of nitrogens with zero attached hydrogens (tertiary/aromatic N) is 1. The van der Waals surface area contributed by atoms with E-state index in [2.05, 4.69) is 19.2 Å². The van der Waals surface area contributed by atoms with E-state index < -0.39 is 47.8 Å². The number of halogens is 6. The Morgan fingerprint density at radius 1 is 1.18 bits per heavy atom. The number of hydrogen-bond donors (Lipinski definition) is 0. The molecular weight excluding hydrogens is 324 g/mol. The van der Waals surface area contributed by atoms with Crippen LogP contribution in [0.25, 0.3) is 0 Å². The molecule has 1 rings (SSSR count). The molecule has 0 N–H and O–H groups in total. The van der Waals surface area contributed by atoms with Gasteiger partial charge in [-0.15, -0.1) is 13.2 Å². The molecule has 0 radical (unpaired) electrons. The molecule has 1 heterocycles. The molecule has 0 aromatic carbocycles. The minimum atomic E-state index is -5.26. The lowest BCUT2D eigenvalue weighted by atomic mass is 10.1. The molecule has 124 valence electrons. The Labute approximate surface area is 119 Å². The molecule has 0 spiro atoms. The number of hydrogen-bond acceptors (Lipinski definition) is 5. The number of aromatic nitrogens is 1. The van der Waals surface area contributed by atoms with Gasteiger partial charge < -0.3 is 14.2 Å². The van der Waals surface area contributed by atoms with Gasteiger partial charge in [0.05, 0.1) is 20.6 Å². The van der Waals surface area contributed by atoms with Gasteiger partial charge in [-0.3, -0.25) is 4.79 Å². The van der Waals surface area contributed by atoms with Crippen LogP contribution in [0.1, 0.15) is 11.3 Å². The maximum atomic E-state index is 12.9. The fourth-order valence-electron chi connectivity index (χ4n) is 1.47. The lowest BCUT2D eigenvalue weighted by Crippen LogP contribution is -2.22. The molecular formula is C11H9F6NO4. The minimum absolute atomic E-state index is 0.501. The van der Waals surface area contributed by atoms with Crippen molar-refractivity contribution in [1.82, 2.24) is 4.98 Å². The van der Waals surface area contributed by atoms with Crippen LogP contribution in [-0.4, -0.2) is 31.5 Å². The third-order valence-electron chi connectivity index (χ3n) is 2.31. The van der Waals surface area contributed by atoms with Gasteiger partial charge in [-0.05, 0) is 0 Å². The van der Waals surface area contributed by atoms with Crippen molar-refractivity contribution < 1.29 is 45.3 Å². The van der Waals surface area contributed by atoms with E-state index >= 15 is 0 Å². The first-order chi connectivity index (χ1) is 9.97. The van der Waals surface area contributed by atoms with E-state index in [9.17, 15) is 31.1 Å². The summed E-state index contributed by atoms with van der Waals surface area (Å²) in [5.41, 5.74) is -2.83.